The van der Waals surface area contributed by atoms with Gasteiger partial charge in [-0.2, -0.15) is 0 Å². The summed E-state index contributed by atoms with van der Waals surface area (Å²) in [5.74, 6) is 1.17. The van der Waals surface area contributed by atoms with Gasteiger partial charge < -0.3 is 16.0 Å². The lowest BCUT2D eigenvalue weighted by Crippen LogP contribution is -2.51. The summed E-state index contributed by atoms with van der Waals surface area (Å²) < 4.78 is 0. The van der Waals surface area contributed by atoms with E-state index in [0.29, 0.717) is 18.6 Å². The summed E-state index contributed by atoms with van der Waals surface area (Å²) in [5.41, 5.74) is 5.91. The van der Waals surface area contributed by atoms with E-state index in [1.54, 1.807) is 0 Å². The van der Waals surface area contributed by atoms with Gasteiger partial charge in [-0.05, 0) is 37.8 Å². The van der Waals surface area contributed by atoms with Crippen LogP contribution in [0.2, 0.25) is 0 Å². The highest BCUT2D eigenvalue weighted by molar-refractivity contribution is 5.85. The van der Waals surface area contributed by atoms with Gasteiger partial charge in [-0.1, -0.05) is 6.07 Å². The lowest BCUT2D eigenvalue weighted by Gasteiger charge is -2.35. The first-order chi connectivity index (χ1) is 11.2. The van der Waals surface area contributed by atoms with Gasteiger partial charge in [-0.15, -0.1) is 24.8 Å². The van der Waals surface area contributed by atoms with Crippen molar-refractivity contribution in [3.05, 3.63) is 24.4 Å². The molecular formula is C17H29Cl2N5O. The molecular weight excluding hydrogens is 361 g/mol. The van der Waals surface area contributed by atoms with E-state index in [9.17, 15) is 4.79 Å². The Morgan fingerprint density at radius 3 is 2.40 bits per heavy atom. The Kier molecular flexibility index (Phi) is 9.50. The number of anilines is 1. The molecule has 142 valence electrons. The van der Waals surface area contributed by atoms with E-state index in [-0.39, 0.29) is 30.7 Å². The van der Waals surface area contributed by atoms with Crippen molar-refractivity contribution < 1.29 is 4.79 Å². The minimum atomic E-state index is 0. The van der Waals surface area contributed by atoms with E-state index in [1.807, 2.05) is 24.4 Å². The second-order valence-corrected chi connectivity index (χ2v) is 6.63. The molecule has 1 aliphatic heterocycles. The van der Waals surface area contributed by atoms with Gasteiger partial charge in [0.2, 0.25) is 5.91 Å². The summed E-state index contributed by atoms with van der Waals surface area (Å²) in [6.07, 6.45) is 5.90. The zero-order chi connectivity index (χ0) is 16.1. The van der Waals surface area contributed by atoms with Crippen molar-refractivity contribution in [3.8, 4) is 0 Å². The fourth-order valence-electron chi connectivity index (χ4n) is 3.42. The monoisotopic (exact) mass is 389 g/mol. The lowest BCUT2D eigenvalue weighted by molar-refractivity contribution is -0.123. The number of hydrogen-bond acceptors (Lipinski definition) is 5. The molecule has 0 bridgehead atoms. The predicted octanol–water partition coefficient (Wildman–Crippen LogP) is 1.43. The van der Waals surface area contributed by atoms with Crippen LogP contribution in [-0.2, 0) is 4.79 Å². The average molecular weight is 390 g/mol. The molecule has 1 amide bonds. The summed E-state index contributed by atoms with van der Waals surface area (Å²) in [5, 5.41) is 3.17. The number of carbonyl (C=O) groups excluding carboxylic acids is 1. The van der Waals surface area contributed by atoms with Crippen LogP contribution in [0.15, 0.2) is 24.4 Å². The van der Waals surface area contributed by atoms with Crippen molar-refractivity contribution in [2.75, 3.05) is 37.6 Å². The standard InChI is InChI=1S/C17H27N5O.2ClH/c18-14-4-6-15(7-5-14)20-17(23)13-21-9-11-22(12-10-21)16-3-1-2-8-19-16;;/h1-3,8,14-15H,4-7,9-13,18H2,(H,20,23);2*1H. The number of rotatable bonds is 4. The van der Waals surface area contributed by atoms with Crippen LogP contribution in [0.5, 0.6) is 0 Å². The normalized spacial score (nSPS) is 24.0. The molecule has 0 radical (unpaired) electrons. The van der Waals surface area contributed by atoms with Crippen molar-refractivity contribution >= 4 is 36.5 Å². The first-order valence-corrected chi connectivity index (χ1v) is 8.64. The number of amides is 1. The van der Waals surface area contributed by atoms with E-state index in [0.717, 1.165) is 57.7 Å². The fraction of sp³-hybridized carbons (Fsp3) is 0.647. The predicted molar refractivity (Wildman–Crippen MR) is 106 cm³/mol. The average Bonchev–Trinajstić information content (AvgIpc) is 2.58. The SMILES string of the molecule is Cl.Cl.NC1CCC(NC(=O)CN2CCN(c3ccccn3)CC2)CC1. The summed E-state index contributed by atoms with van der Waals surface area (Å²) in [6, 6.07) is 6.62. The highest BCUT2D eigenvalue weighted by Gasteiger charge is 2.23. The van der Waals surface area contributed by atoms with Gasteiger partial charge in [-0.25, -0.2) is 4.98 Å². The number of carbonyl (C=O) groups is 1. The maximum absolute atomic E-state index is 12.2. The van der Waals surface area contributed by atoms with Crippen LogP contribution in [-0.4, -0.2) is 60.6 Å². The Hall–Kier alpha value is -1.08. The molecule has 8 heteroatoms. The maximum atomic E-state index is 12.2. The third-order valence-electron chi connectivity index (χ3n) is 4.85. The van der Waals surface area contributed by atoms with Crippen molar-refractivity contribution in [1.29, 1.82) is 0 Å². The number of aromatic nitrogens is 1. The fourth-order valence-corrected chi connectivity index (χ4v) is 3.42. The molecule has 0 spiro atoms. The van der Waals surface area contributed by atoms with Crippen LogP contribution in [0, 0.1) is 0 Å². The topological polar surface area (TPSA) is 74.5 Å². The Labute approximate surface area is 162 Å². The smallest absolute Gasteiger partial charge is 0.234 e. The largest absolute Gasteiger partial charge is 0.354 e. The summed E-state index contributed by atoms with van der Waals surface area (Å²) in [7, 11) is 0. The third kappa shape index (κ3) is 6.62. The second-order valence-electron chi connectivity index (χ2n) is 6.63. The number of nitrogens with two attached hydrogens (primary N) is 1. The van der Waals surface area contributed by atoms with E-state index in [2.05, 4.69) is 20.1 Å². The third-order valence-corrected chi connectivity index (χ3v) is 4.85. The van der Waals surface area contributed by atoms with Crippen LogP contribution < -0.4 is 16.0 Å². The molecule has 0 aromatic carbocycles. The van der Waals surface area contributed by atoms with Crippen LogP contribution >= 0.6 is 24.8 Å². The van der Waals surface area contributed by atoms with Gasteiger partial charge in [0.1, 0.15) is 5.82 Å². The molecule has 25 heavy (non-hydrogen) atoms. The van der Waals surface area contributed by atoms with Crippen molar-refractivity contribution in [3.63, 3.8) is 0 Å². The molecule has 2 fully saturated rings. The van der Waals surface area contributed by atoms with Crippen molar-refractivity contribution in [2.45, 2.75) is 37.8 Å². The number of nitrogens with zero attached hydrogens (tertiary/aromatic N) is 3. The van der Waals surface area contributed by atoms with Crippen LogP contribution in [0.3, 0.4) is 0 Å². The van der Waals surface area contributed by atoms with Crippen molar-refractivity contribution in [1.82, 2.24) is 15.2 Å². The molecule has 0 unspecified atom stereocenters. The first-order valence-electron chi connectivity index (χ1n) is 8.64. The Morgan fingerprint density at radius 1 is 1.12 bits per heavy atom. The van der Waals surface area contributed by atoms with Gasteiger partial charge >= 0.3 is 0 Å². The molecule has 6 nitrogen and oxygen atoms in total. The second kappa shape index (κ2) is 10.8. The molecule has 2 aliphatic rings. The van der Waals surface area contributed by atoms with Crippen LogP contribution in [0.1, 0.15) is 25.7 Å². The van der Waals surface area contributed by atoms with E-state index < -0.39 is 0 Å². The van der Waals surface area contributed by atoms with Gasteiger partial charge in [0.15, 0.2) is 0 Å². The molecule has 3 N–H and O–H groups in total. The number of halogens is 2. The van der Waals surface area contributed by atoms with E-state index >= 15 is 0 Å². The van der Waals surface area contributed by atoms with Gasteiger partial charge in [-0.3, -0.25) is 9.69 Å². The molecule has 1 saturated carbocycles. The molecule has 1 saturated heterocycles. The zero-order valence-corrected chi connectivity index (χ0v) is 16.1. The quantitative estimate of drug-likeness (QED) is 0.814. The van der Waals surface area contributed by atoms with E-state index in [1.165, 1.54) is 0 Å². The first kappa shape index (κ1) is 22.0. The molecule has 1 aromatic heterocycles. The lowest BCUT2D eigenvalue weighted by atomic mass is 9.92. The van der Waals surface area contributed by atoms with E-state index in [4.69, 9.17) is 5.73 Å². The highest BCUT2D eigenvalue weighted by Crippen LogP contribution is 2.17. The maximum Gasteiger partial charge on any atom is 0.234 e. The van der Waals surface area contributed by atoms with Crippen LogP contribution in [0.25, 0.3) is 0 Å². The summed E-state index contributed by atoms with van der Waals surface area (Å²) in [6.45, 7) is 4.14. The zero-order valence-electron chi connectivity index (χ0n) is 14.5. The Bertz CT molecular complexity index is 503. The number of pyridine rings is 1. The molecule has 1 aliphatic carbocycles. The summed E-state index contributed by atoms with van der Waals surface area (Å²) >= 11 is 0. The highest BCUT2D eigenvalue weighted by atomic mass is 35.5. The van der Waals surface area contributed by atoms with Gasteiger partial charge in [0.05, 0.1) is 6.54 Å². The van der Waals surface area contributed by atoms with Crippen LogP contribution in [0.4, 0.5) is 5.82 Å². The molecule has 2 heterocycles. The molecule has 0 atom stereocenters. The molecule has 3 rings (SSSR count). The minimum Gasteiger partial charge on any atom is -0.354 e. The summed E-state index contributed by atoms with van der Waals surface area (Å²) in [4.78, 5) is 21.1. The van der Waals surface area contributed by atoms with Gasteiger partial charge in [0.25, 0.3) is 0 Å². The Balaban J connectivity index is 0.00000156. The van der Waals surface area contributed by atoms with Crippen molar-refractivity contribution in [2.24, 2.45) is 5.73 Å². The number of nitrogens with one attached hydrogen (secondary N) is 1. The van der Waals surface area contributed by atoms with Gasteiger partial charge in [0, 0.05) is 44.5 Å². The molecule has 1 aromatic rings. The number of hydrogen-bond donors (Lipinski definition) is 2. The minimum absolute atomic E-state index is 0. The Morgan fingerprint density at radius 2 is 1.80 bits per heavy atom. The number of piperazine rings is 1.